The van der Waals surface area contributed by atoms with Gasteiger partial charge in [-0.15, -0.1) is 6.58 Å². The molecule has 0 aliphatic heterocycles. The van der Waals surface area contributed by atoms with E-state index in [4.69, 9.17) is 4.74 Å². The maximum atomic E-state index is 13.4. The highest BCUT2D eigenvalue weighted by Crippen LogP contribution is 2.48. The second-order valence-electron chi connectivity index (χ2n) is 6.78. The van der Waals surface area contributed by atoms with Crippen LogP contribution in [0.25, 0.3) is 0 Å². The monoisotopic (exact) mass is 388 g/mol. The van der Waals surface area contributed by atoms with E-state index in [2.05, 4.69) is 6.58 Å². The number of benzene rings is 2. The number of halogens is 3. The van der Waals surface area contributed by atoms with Crippen LogP contribution in [0.1, 0.15) is 39.4 Å². The summed E-state index contributed by atoms with van der Waals surface area (Å²) in [6.45, 7) is 3.75. The van der Waals surface area contributed by atoms with Gasteiger partial charge in [-0.25, -0.2) is 0 Å². The molecule has 0 saturated heterocycles. The molecule has 0 fully saturated rings. The second-order valence-corrected chi connectivity index (χ2v) is 6.78. The molecule has 0 aromatic heterocycles. The molecule has 2 aromatic carbocycles. The molecule has 28 heavy (non-hydrogen) atoms. The standard InChI is InChI=1S/C22H19F3O3/c1-3-18(15-8-10-16(11-9-15)22(23,24)25)21(20(27)28-2)13-12-14-6-4-5-7-17(14)19(21)26/h3-11,18H,1,12-13H2,2H3/t18-,21+/m0/s1. The second kappa shape index (κ2) is 7.26. The number of esters is 1. The molecule has 0 saturated carbocycles. The van der Waals surface area contributed by atoms with Gasteiger partial charge in [0.15, 0.2) is 5.78 Å². The highest BCUT2D eigenvalue weighted by atomic mass is 19.4. The van der Waals surface area contributed by atoms with Gasteiger partial charge < -0.3 is 4.74 Å². The molecular weight excluding hydrogens is 369 g/mol. The van der Waals surface area contributed by atoms with E-state index >= 15 is 0 Å². The number of ether oxygens (including phenoxy) is 1. The number of hydrogen-bond donors (Lipinski definition) is 0. The number of allylic oxidation sites excluding steroid dienone is 1. The molecule has 0 heterocycles. The molecule has 0 bridgehead atoms. The Kier molecular flexibility index (Phi) is 5.15. The molecule has 146 valence electrons. The molecular formula is C22H19F3O3. The van der Waals surface area contributed by atoms with Crippen molar-refractivity contribution in [1.82, 2.24) is 0 Å². The molecule has 0 N–H and O–H groups in total. The number of fused-ring (bicyclic) bond motifs is 1. The lowest BCUT2D eigenvalue weighted by atomic mass is 9.61. The van der Waals surface area contributed by atoms with E-state index in [1.54, 1.807) is 12.1 Å². The number of carbonyl (C=O) groups excluding carboxylic acids is 2. The molecule has 0 radical (unpaired) electrons. The van der Waals surface area contributed by atoms with E-state index in [9.17, 15) is 22.8 Å². The average molecular weight is 388 g/mol. The van der Waals surface area contributed by atoms with Crippen molar-refractivity contribution in [1.29, 1.82) is 0 Å². The van der Waals surface area contributed by atoms with Gasteiger partial charge in [0.1, 0.15) is 5.41 Å². The lowest BCUT2D eigenvalue weighted by Gasteiger charge is -2.39. The number of methoxy groups -OCH3 is 1. The predicted molar refractivity (Wildman–Crippen MR) is 97.9 cm³/mol. The predicted octanol–water partition coefficient (Wildman–Crippen LogP) is 4.96. The van der Waals surface area contributed by atoms with Crippen LogP contribution in [0.2, 0.25) is 0 Å². The fourth-order valence-electron chi connectivity index (χ4n) is 3.95. The maximum absolute atomic E-state index is 13.4. The highest BCUT2D eigenvalue weighted by Gasteiger charge is 2.54. The van der Waals surface area contributed by atoms with Gasteiger partial charge in [-0.1, -0.05) is 42.5 Å². The minimum Gasteiger partial charge on any atom is -0.468 e. The average Bonchev–Trinajstić information content (AvgIpc) is 2.69. The van der Waals surface area contributed by atoms with Crippen LogP contribution in [0.4, 0.5) is 13.2 Å². The molecule has 3 nitrogen and oxygen atoms in total. The van der Waals surface area contributed by atoms with Crippen molar-refractivity contribution < 1.29 is 27.5 Å². The molecule has 2 atom stereocenters. The van der Waals surface area contributed by atoms with E-state index < -0.39 is 34.8 Å². The summed E-state index contributed by atoms with van der Waals surface area (Å²) < 4.78 is 43.7. The van der Waals surface area contributed by atoms with Gasteiger partial charge in [0.25, 0.3) is 0 Å². The first kappa shape index (κ1) is 19.9. The molecule has 3 rings (SSSR count). The Hall–Kier alpha value is -2.89. The molecule has 6 heteroatoms. The molecule has 0 unspecified atom stereocenters. The van der Waals surface area contributed by atoms with Gasteiger partial charge >= 0.3 is 12.1 Å². The largest absolute Gasteiger partial charge is 0.468 e. The molecule has 2 aromatic rings. The third-order valence-electron chi connectivity index (χ3n) is 5.37. The minimum atomic E-state index is -4.47. The summed E-state index contributed by atoms with van der Waals surface area (Å²) in [5.41, 5.74) is -0.697. The summed E-state index contributed by atoms with van der Waals surface area (Å²) in [5, 5.41) is 0. The van der Waals surface area contributed by atoms with Crippen molar-refractivity contribution in [2.45, 2.75) is 24.9 Å². The van der Waals surface area contributed by atoms with Crippen molar-refractivity contribution in [3.63, 3.8) is 0 Å². The quantitative estimate of drug-likeness (QED) is 0.422. The summed E-state index contributed by atoms with van der Waals surface area (Å²) in [5.74, 6) is -1.93. The molecule has 0 spiro atoms. The fraction of sp³-hybridized carbons (Fsp3) is 0.273. The van der Waals surface area contributed by atoms with Gasteiger partial charge in [0.2, 0.25) is 0 Å². The van der Waals surface area contributed by atoms with E-state index in [1.807, 2.05) is 12.1 Å². The third kappa shape index (κ3) is 3.13. The van der Waals surface area contributed by atoms with Crippen molar-refractivity contribution >= 4 is 11.8 Å². The first-order chi connectivity index (χ1) is 13.3. The van der Waals surface area contributed by atoms with Crippen molar-refractivity contribution in [3.8, 4) is 0 Å². The van der Waals surface area contributed by atoms with Crippen molar-refractivity contribution in [2.75, 3.05) is 7.11 Å². The van der Waals surface area contributed by atoms with Crippen LogP contribution in [0.15, 0.2) is 61.2 Å². The Bertz CT molecular complexity index is 915. The first-order valence-electron chi connectivity index (χ1n) is 8.76. The number of alkyl halides is 3. The van der Waals surface area contributed by atoms with E-state index in [-0.39, 0.29) is 6.42 Å². The third-order valence-corrected chi connectivity index (χ3v) is 5.37. The molecule has 0 amide bonds. The van der Waals surface area contributed by atoms with Gasteiger partial charge in [-0.2, -0.15) is 13.2 Å². The zero-order valence-corrected chi connectivity index (χ0v) is 15.3. The van der Waals surface area contributed by atoms with Crippen LogP contribution in [-0.2, 0) is 22.1 Å². The Morgan fingerprint density at radius 3 is 2.39 bits per heavy atom. The molecule has 1 aliphatic carbocycles. The normalized spacial score (nSPS) is 20.2. The van der Waals surface area contributed by atoms with Crippen molar-refractivity contribution in [2.24, 2.45) is 5.41 Å². The number of Topliss-reactive ketones (excluding diaryl/α,β-unsaturated/α-hetero) is 1. The number of ketones is 1. The summed E-state index contributed by atoms with van der Waals surface area (Å²) in [6, 6.07) is 11.5. The fourth-order valence-corrected chi connectivity index (χ4v) is 3.95. The lowest BCUT2D eigenvalue weighted by molar-refractivity contribution is -0.151. The zero-order chi connectivity index (χ0) is 20.5. The number of aryl methyl sites for hydroxylation is 1. The van der Waals surface area contributed by atoms with Crippen LogP contribution in [0, 0.1) is 5.41 Å². The number of hydrogen-bond acceptors (Lipinski definition) is 3. The first-order valence-corrected chi connectivity index (χ1v) is 8.76. The number of rotatable bonds is 4. The maximum Gasteiger partial charge on any atom is 0.416 e. The Labute approximate surface area is 160 Å². The summed E-state index contributed by atoms with van der Waals surface area (Å²) in [4.78, 5) is 26.2. The lowest BCUT2D eigenvalue weighted by Crippen LogP contribution is -2.47. The Balaban J connectivity index is 2.12. The van der Waals surface area contributed by atoms with Gasteiger partial charge in [0.05, 0.1) is 12.7 Å². The SMILES string of the molecule is C=C[C@@H](c1ccc(C(F)(F)F)cc1)[C@]1(C(=O)OC)CCc2ccccc2C1=O. The van der Waals surface area contributed by atoms with Crippen LogP contribution in [-0.4, -0.2) is 18.9 Å². The molecule has 1 aliphatic rings. The Morgan fingerprint density at radius 2 is 1.82 bits per heavy atom. The zero-order valence-electron chi connectivity index (χ0n) is 15.3. The van der Waals surface area contributed by atoms with Gasteiger partial charge in [0, 0.05) is 11.5 Å². The van der Waals surface area contributed by atoms with Crippen LogP contribution in [0.3, 0.4) is 0 Å². The minimum absolute atomic E-state index is 0.188. The van der Waals surface area contributed by atoms with E-state index in [1.165, 1.54) is 25.3 Å². The van der Waals surface area contributed by atoms with Crippen LogP contribution >= 0.6 is 0 Å². The van der Waals surface area contributed by atoms with E-state index in [0.29, 0.717) is 17.5 Å². The van der Waals surface area contributed by atoms with Gasteiger partial charge in [-0.05, 0) is 36.1 Å². The van der Waals surface area contributed by atoms with Crippen LogP contribution < -0.4 is 0 Å². The van der Waals surface area contributed by atoms with Crippen LogP contribution in [0.5, 0.6) is 0 Å². The summed E-state index contributed by atoms with van der Waals surface area (Å²) in [6.07, 6.45) is -2.37. The number of carbonyl (C=O) groups is 2. The summed E-state index contributed by atoms with van der Waals surface area (Å²) >= 11 is 0. The summed E-state index contributed by atoms with van der Waals surface area (Å²) in [7, 11) is 1.20. The van der Waals surface area contributed by atoms with Crippen molar-refractivity contribution in [3.05, 3.63) is 83.4 Å². The highest BCUT2D eigenvalue weighted by molar-refractivity contribution is 6.15. The Morgan fingerprint density at radius 1 is 1.18 bits per heavy atom. The van der Waals surface area contributed by atoms with E-state index in [0.717, 1.165) is 17.7 Å². The van der Waals surface area contributed by atoms with Gasteiger partial charge in [-0.3, -0.25) is 9.59 Å². The smallest absolute Gasteiger partial charge is 0.416 e. The topological polar surface area (TPSA) is 43.4 Å².